The Morgan fingerprint density at radius 2 is 2.00 bits per heavy atom. The summed E-state index contributed by atoms with van der Waals surface area (Å²) in [5, 5.41) is 18.3. The molecule has 0 spiro atoms. The van der Waals surface area contributed by atoms with E-state index in [9.17, 15) is 5.11 Å². The van der Waals surface area contributed by atoms with E-state index in [1.54, 1.807) is 0 Å². The summed E-state index contributed by atoms with van der Waals surface area (Å²) in [7, 11) is 0. The van der Waals surface area contributed by atoms with E-state index in [0.717, 1.165) is 30.7 Å². The Morgan fingerprint density at radius 1 is 1.24 bits per heavy atom. The van der Waals surface area contributed by atoms with Crippen molar-refractivity contribution < 1.29 is 5.11 Å². The van der Waals surface area contributed by atoms with Crippen molar-refractivity contribution in [3.63, 3.8) is 0 Å². The summed E-state index contributed by atoms with van der Waals surface area (Å²) in [6.07, 6.45) is 2.08. The summed E-state index contributed by atoms with van der Waals surface area (Å²) >= 11 is 0. The molecule has 0 saturated heterocycles. The average molecular weight is 230 g/mol. The molecule has 1 aliphatic rings. The Bertz CT molecular complexity index is 532. The Hall–Kier alpha value is -1.88. The SMILES string of the molecule is Nc1ccc(-c2nnc3n2C(O)CCC3)cc1. The van der Waals surface area contributed by atoms with Crippen molar-refractivity contribution in [1.29, 1.82) is 0 Å². The first kappa shape index (κ1) is 10.3. The average Bonchev–Trinajstić information content (AvgIpc) is 2.75. The summed E-state index contributed by atoms with van der Waals surface area (Å²) in [5.41, 5.74) is 7.30. The topological polar surface area (TPSA) is 77.0 Å². The number of aryl methyl sites for hydroxylation is 1. The van der Waals surface area contributed by atoms with Crippen LogP contribution in [0.3, 0.4) is 0 Å². The van der Waals surface area contributed by atoms with Crippen LogP contribution >= 0.6 is 0 Å². The monoisotopic (exact) mass is 230 g/mol. The molecular weight excluding hydrogens is 216 g/mol. The lowest BCUT2D eigenvalue weighted by Gasteiger charge is -2.21. The van der Waals surface area contributed by atoms with Crippen LogP contribution in [0.5, 0.6) is 0 Å². The first-order chi connectivity index (χ1) is 8.25. The zero-order valence-electron chi connectivity index (χ0n) is 9.37. The molecule has 2 aromatic rings. The van der Waals surface area contributed by atoms with Gasteiger partial charge in [0.25, 0.3) is 0 Å². The molecule has 0 radical (unpaired) electrons. The Kier molecular flexibility index (Phi) is 2.33. The van der Waals surface area contributed by atoms with Gasteiger partial charge in [-0.1, -0.05) is 0 Å². The van der Waals surface area contributed by atoms with Gasteiger partial charge in [0.05, 0.1) is 0 Å². The van der Waals surface area contributed by atoms with Crippen LogP contribution in [0.25, 0.3) is 11.4 Å². The second-order valence-electron chi connectivity index (χ2n) is 4.30. The number of benzene rings is 1. The number of anilines is 1. The van der Waals surface area contributed by atoms with E-state index in [2.05, 4.69) is 10.2 Å². The molecule has 3 rings (SSSR count). The van der Waals surface area contributed by atoms with E-state index in [-0.39, 0.29) is 0 Å². The molecule has 17 heavy (non-hydrogen) atoms. The number of nitrogen functional groups attached to an aromatic ring is 1. The normalized spacial score (nSPS) is 19.0. The third-order valence-corrected chi connectivity index (χ3v) is 3.10. The van der Waals surface area contributed by atoms with Gasteiger partial charge in [-0.25, -0.2) is 0 Å². The molecule has 3 N–H and O–H groups in total. The number of nitrogens with zero attached hydrogens (tertiary/aromatic N) is 3. The lowest BCUT2D eigenvalue weighted by molar-refractivity contribution is 0.0796. The highest BCUT2D eigenvalue weighted by Gasteiger charge is 2.23. The molecule has 1 aromatic heterocycles. The molecule has 0 saturated carbocycles. The number of hydrogen-bond donors (Lipinski definition) is 2. The maximum Gasteiger partial charge on any atom is 0.166 e. The molecule has 0 aliphatic carbocycles. The summed E-state index contributed by atoms with van der Waals surface area (Å²) < 4.78 is 1.81. The van der Waals surface area contributed by atoms with Crippen LogP contribution in [0.2, 0.25) is 0 Å². The Morgan fingerprint density at radius 3 is 2.76 bits per heavy atom. The third kappa shape index (κ3) is 1.68. The number of hydrogen-bond acceptors (Lipinski definition) is 4. The van der Waals surface area contributed by atoms with Crippen molar-refractivity contribution >= 4 is 5.69 Å². The van der Waals surface area contributed by atoms with Crippen molar-refractivity contribution in [2.75, 3.05) is 5.73 Å². The lowest BCUT2D eigenvalue weighted by atomic mass is 10.1. The molecule has 88 valence electrons. The number of aliphatic hydroxyl groups excluding tert-OH is 1. The maximum atomic E-state index is 10.0. The van der Waals surface area contributed by atoms with E-state index < -0.39 is 6.23 Å². The van der Waals surface area contributed by atoms with Crippen molar-refractivity contribution in [2.45, 2.75) is 25.5 Å². The van der Waals surface area contributed by atoms with Gasteiger partial charge in [0.15, 0.2) is 5.82 Å². The van der Waals surface area contributed by atoms with Crippen LogP contribution in [-0.4, -0.2) is 19.9 Å². The van der Waals surface area contributed by atoms with Gasteiger partial charge in [0, 0.05) is 17.7 Å². The van der Waals surface area contributed by atoms with Gasteiger partial charge in [-0.2, -0.15) is 0 Å². The lowest BCUT2D eigenvalue weighted by Crippen LogP contribution is -2.18. The number of fused-ring (bicyclic) bond motifs is 1. The van der Waals surface area contributed by atoms with Crippen LogP contribution < -0.4 is 5.73 Å². The minimum Gasteiger partial charge on any atom is -0.399 e. The van der Waals surface area contributed by atoms with Gasteiger partial charge in [0.1, 0.15) is 12.1 Å². The summed E-state index contributed by atoms with van der Waals surface area (Å²) in [5.74, 6) is 1.57. The van der Waals surface area contributed by atoms with Crippen LogP contribution in [0.4, 0.5) is 5.69 Å². The van der Waals surface area contributed by atoms with Gasteiger partial charge in [0.2, 0.25) is 0 Å². The predicted molar refractivity (Wildman–Crippen MR) is 64.1 cm³/mol. The number of aliphatic hydroxyl groups is 1. The molecule has 1 atom stereocenters. The zero-order valence-corrected chi connectivity index (χ0v) is 9.37. The van der Waals surface area contributed by atoms with Crippen molar-refractivity contribution in [1.82, 2.24) is 14.8 Å². The standard InChI is InChI=1S/C12H14N4O/c13-9-6-4-8(5-7-9)12-15-14-10-2-1-3-11(17)16(10)12/h4-7,11,17H,1-3,13H2. The Labute approximate surface area is 98.9 Å². The van der Waals surface area contributed by atoms with Crippen LogP contribution in [0.1, 0.15) is 24.9 Å². The van der Waals surface area contributed by atoms with Gasteiger partial charge in [-0.3, -0.25) is 4.57 Å². The van der Waals surface area contributed by atoms with Crippen LogP contribution in [0, 0.1) is 0 Å². The van der Waals surface area contributed by atoms with E-state index >= 15 is 0 Å². The van der Waals surface area contributed by atoms with Gasteiger partial charge >= 0.3 is 0 Å². The quantitative estimate of drug-likeness (QED) is 0.725. The predicted octanol–water partition coefficient (Wildman–Crippen LogP) is 1.35. The van der Waals surface area contributed by atoms with Gasteiger partial charge in [-0.15, -0.1) is 10.2 Å². The first-order valence-electron chi connectivity index (χ1n) is 5.73. The fourth-order valence-corrected chi connectivity index (χ4v) is 2.21. The molecule has 1 aromatic carbocycles. The summed E-state index contributed by atoms with van der Waals surface area (Å²) in [6, 6.07) is 7.44. The summed E-state index contributed by atoms with van der Waals surface area (Å²) in [6.45, 7) is 0. The van der Waals surface area contributed by atoms with Crippen LogP contribution in [0.15, 0.2) is 24.3 Å². The number of nitrogens with two attached hydrogens (primary N) is 1. The van der Waals surface area contributed by atoms with Crippen molar-refractivity contribution in [3.8, 4) is 11.4 Å². The molecule has 0 fully saturated rings. The van der Waals surface area contributed by atoms with E-state index in [0.29, 0.717) is 11.5 Å². The molecule has 5 heteroatoms. The molecule has 1 aliphatic heterocycles. The highest BCUT2D eigenvalue weighted by Crippen LogP contribution is 2.28. The Balaban J connectivity index is 2.09. The molecule has 1 unspecified atom stereocenters. The molecule has 5 nitrogen and oxygen atoms in total. The van der Waals surface area contributed by atoms with E-state index in [1.807, 2.05) is 28.8 Å². The third-order valence-electron chi connectivity index (χ3n) is 3.10. The molecule has 0 bridgehead atoms. The smallest absolute Gasteiger partial charge is 0.166 e. The molecule has 0 amide bonds. The fraction of sp³-hybridized carbons (Fsp3) is 0.333. The fourth-order valence-electron chi connectivity index (χ4n) is 2.21. The largest absolute Gasteiger partial charge is 0.399 e. The molecule has 2 heterocycles. The first-order valence-corrected chi connectivity index (χ1v) is 5.73. The van der Waals surface area contributed by atoms with E-state index in [4.69, 9.17) is 5.73 Å². The molecular formula is C12H14N4O. The second kappa shape index (κ2) is 3.85. The number of aromatic nitrogens is 3. The minimum absolute atomic E-state index is 0.513. The van der Waals surface area contributed by atoms with Crippen LogP contribution in [-0.2, 0) is 6.42 Å². The maximum absolute atomic E-state index is 10.0. The summed E-state index contributed by atoms with van der Waals surface area (Å²) in [4.78, 5) is 0. The zero-order chi connectivity index (χ0) is 11.8. The number of rotatable bonds is 1. The highest BCUT2D eigenvalue weighted by atomic mass is 16.3. The highest BCUT2D eigenvalue weighted by molar-refractivity contribution is 5.59. The van der Waals surface area contributed by atoms with Crippen molar-refractivity contribution in [2.24, 2.45) is 0 Å². The second-order valence-corrected chi connectivity index (χ2v) is 4.30. The van der Waals surface area contributed by atoms with Gasteiger partial charge in [-0.05, 0) is 37.1 Å². The minimum atomic E-state index is -0.513. The van der Waals surface area contributed by atoms with E-state index in [1.165, 1.54) is 0 Å². The van der Waals surface area contributed by atoms with Crippen molar-refractivity contribution in [3.05, 3.63) is 30.1 Å². The van der Waals surface area contributed by atoms with Gasteiger partial charge < -0.3 is 10.8 Å².